The van der Waals surface area contributed by atoms with Crippen LogP contribution in [-0.2, 0) is 0 Å². The standard InChI is InChI=1S/C9H16NO/c1-10(2)8(11)9(5-6-9)7-3-4-7/h8,11H,3-6H2,1-2H3. The summed E-state index contributed by atoms with van der Waals surface area (Å²) in [4.78, 5) is 1.93. The fourth-order valence-corrected chi connectivity index (χ4v) is 1.98. The van der Waals surface area contributed by atoms with Gasteiger partial charge in [0, 0.05) is 5.41 Å². The van der Waals surface area contributed by atoms with Gasteiger partial charge in [0.2, 0.25) is 0 Å². The fraction of sp³-hybridized carbons (Fsp3) is 0.889. The van der Waals surface area contributed by atoms with Crippen molar-refractivity contribution < 1.29 is 5.11 Å². The molecule has 2 nitrogen and oxygen atoms in total. The van der Waals surface area contributed by atoms with Gasteiger partial charge in [-0.3, -0.25) is 4.90 Å². The van der Waals surface area contributed by atoms with Crippen LogP contribution in [0.1, 0.15) is 25.7 Å². The lowest BCUT2D eigenvalue weighted by Gasteiger charge is -2.27. The summed E-state index contributed by atoms with van der Waals surface area (Å²) in [6.45, 7) is 0. The van der Waals surface area contributed by atoms with E-state index in [0.29, 0.717) is 0 Å². The molecule has 11 heavy (non-hydrogen) atoms. The first-order valence-corrected chi connectivity index (χ1v) is 4.36. The third-order valence-corrected chi connectivity index (χ3v) is 2.98. The Morgan fingerprint density at radius 3 is 2.18 bits per heavy atom. The molecule has 0 spiro atoms. The van der Waals surface area contributed by atoms with Crippen LogP contribution >= 0.6 is 0 Å². The van der Waals surface area contributed by atoms with Crippen LogP contribution in [0, 0.1) is 11.3 Å². The van der Waals surface area contributed by atoms with Crippen LogP contribution in [-0.4, -0.2) is 30.3 Å². The quantitative estimate of drug-likeness (QED) is 0.613. The molecule has 0 aromatic rings. The lowest BCUT2D eigenvalue weighted by Crippen LogP contribution is -2.37. The van der Waals surface area contributed by atoms with E-state index in [4.69, 9.17) is 0 Å². The van der Waals surface area contributed by atoms with Crippen LogP contribution in [0.15, 0.2) is 0 Å². The molecular formula is C9H16NO. The zero-order chi connectivity index (χ0) is 8.06. The van der Waals surface area contributed by atoms with Gasteiger partial charge < -0.3 is 5.11 Å². The summed E-state index contributed by atoms with van der Waals surface area (Å²) in [7, 11) is 3.90. The summed E-state index contributed by atoms with van der Waals surface area (Å²) in [5.74, 6) is 1.61. The van der Waals surface area contributed by atoms with E-state index >= 15 is 0 Å². The van der Waals surface area contributed by atoms with E-state index in [1.165, 1.54) is 25.7 Å². The largest absolute Gasteiger partial charge is 0.378 e. The maximum Gasteiger partial charge on any atom is 0.113 e. The van der Waals surface area contributed by atoms with Crippen molar-refractivity contribution in [1.82, 2.24) is 4.90 Å². The average molecular weight is 154 g/mol. The second-order valence-corrected chi connectivity index (χ2v) is 4.10. The number of hydrogen-bond donors (Lipinski definition) is 1. The molecule has 1 radical (unpaired) electrons. The zero-order valence-electron chi connectivity index (χ0n) is 7.30. The van der Waals surface area contributed by atoms with Crippen molar-refractivity contribution in [1.29, 1.82) is 0 Å². The van der Waals surface area contributed by atoms with Crippen molar-refractivity contribution in [3.63, 3.8) is 0 Å². The lowest BCUT2D eigenvalue weighted by molar-refractivity contribution is -0.0124. The Kier molecular flexibility index (Phi) is 1.52. The highest BCUT2D eigenvalue weighted by atomic mass is 16.3. The average Bonchev–Trinajstić information content (AvgIpc) is 2.79. The van der Waals surface area contributed by atoms with E-state index in [0.717, 1.165) is 0 Å². The molecular weight excluding hydrogens is 138 g/mol. The summed E-state index contributed by atoms with van der Waals surface area (Å²) in [6.07, 6.45) is 4.74. The maximum atomic E-state index is 9.83. The molecule has 2 heteroatoms. The third-order valence-electron chi connectivity index (χ3n) is 2.98. The van der Waals surface area contributed by atoms with Crippen molar-refractivity contribution in [2.24, 2.45) is 5.41 Å². The Hall–Kier alpha value is -0.0800. The number of aliphatic hydroxyl groups is 1. The van der Waals surface area contributed by atoms with Gasteiger partial charge in [0.1, 0.15) is 6.23 Å². The highest BCUT2D eigenvalue weighted by molar-refractivity contribution is 5.26. The summed E-state index contributed by atoms with van der Waals surface area (Å²) in [5.41, 5.74) is 0.240. The molecule has 1 unspecified atom stereocenters. The highest BCUT2D eigenvalue weighted by Crippen LogP contribution is 2.64. The molecule has 0 aromatic carbocycles. The smallest absolute Gasteiger partial charge is 0.113 e. The minimum absolute atomic E-state index is 0.222. The first-order valence-electron chi connectivity index (χ1n) is 4.36. The Bertz CT molecular complexity index is 159. The summed E-state index contributed by atoms with van der Waals surface area (Å²) in [5, 5.41) is 9.83. The first-order chi connectivity index (χ1) is 5.17. The van der Waals surface area contributed by atoms with Gasteiger partial charge in [-0.15, -0.1) is 0 Å². The molecule has 2 aliphatic rings. The van der Waals surface area contributed by atoms with Gasteiger partial charge in [0.15, 0.2) is 0 Å². The lowest BCUT2D eigenvalue weighted by atomic mass is 9.98. The molecule has 0 bridgehead atoms. The van der Waals surface area contributed by atoms with Crippen LogP contribution in [0.25, 0.3) is 0 Å². The molecule has 0 saturated heterocycles. The molecule has 1 atom stereocenters. The van der Waals surface area contributed by atoms with Crippen LogP contribution in [0.5, 0.6) is 0 Å². The number of hydrogen-bond acceptors (Lipinski definition) is 2. The second kappa shape index (κ2) is 2.20. The predicted octanol–water partition coefficient (Wildman–Crippen LogP) is 1.01. The molecule has 0 heterocycles. The van der Waals surface area contributed by atoms with Crippen LogP contribution in [0.4, 0.5) is 0 Å². The van der Waals surface area contributed by atoms with Gasteiger partial charge in [0.05, 0.1) is 0 Å². The van der Waals surface area contributed by atoms with Crippen LogP contribution in [0.3, 0.4) is 0 Å². The van der Waals surface area contributed by atoms with Gasteiger partial charge in [-0.1, -0.05) is 0 Å². The molecule has 2 saturated carbocycles. The van der Waals surface area contributed by atoms with Gasteiger partial charge in [-0.2, -0.15) is 0 Å². The molecule has 1 N–H and O–H groups in total. The van der Waals surface area contributed by atoms with Crippen molar-refractivity contribution in [2.75, 3.05) is 14.1 Å². The minimum atomic E-state index is -0.222. The molecule has 2 aliphatic carbocycles. The van der Waals surface area contributed by atoms with E-state index in [9.17, 15) is 5.11 Å². The Balaban J connectivity index is 2.01. The predicted molar refractivity (Wildman–Crippen MR) is 43.8 cm³/mol. The topological polar surface area (TPSA) is 23.5 Å². The summed E-state index contributed by atoms with van der Waals surface area (Å²) in [6, 6.07) is 0. The number of nitrogens with zero attached hydrogens (tertiary/aromatic N) is 1. The van der Waals surface area contributed by atoms with Crippen molar-refractivity contribution in [3.05, 3.63) is 5.92 Å². The minimum Gasteiger partial charge on any atom is -0.378 e. The number of aliphatic hydroxyl groups excluding tert-OH is 1. The van der Waals surface area contributed by atoms with Gasteiger partial charge in [-0.25, -0.2) is 0 Å². The highest BCUT2D eigenvalue weighted by Gasteiger charge is 2.59. The zero-order valence-corrected chi connectivity index (χ0v) is 7.30. The van der Waals surface area contributed by atoms with Gasteiger partial charge in [-0.05, 0) is 45.7 Å². The normalized spacial score (nSPS) is 30.5. The first kappa shape index (κ1) is 7.56. The van der Waals surface area contributed by atoms with Crippen LogP contribution in [0.2, 0.25) is 0 Å². The molecule has 0 amide bonds. The molecule has 0 aliphatic heterocycles. The fourth-order valence-electron chi connectivity index (χ4n) is 1.98. The van der Waals surface area contributed by atoms with E-state index in [-0.39, 0.29) is 11.6 Å². The Labute approximate surface area is 68.2 Å². The van der Waals surface area contributed by atoms with Crippen molar-refractivity contribution in [2.45, 2.75) is 31.9 Å². The molecule has 2 fully saturated rings. The van der Waals surface area contributed by atoms with Gasteiger partial charge >= 0.3 is 0 Å². The van der Waals surface area contributed by atoms with E-state index in [1.807, 2.05) is 19.0 Å². The SMILES string of the molecule is CN(C)C(O)C1([C]2CC2)CC1. The monoisotopic (exact) mass is 154 g/mol. The molecule has 2 rings (SSSR count). The van der Waals surface area contributed by atoms with Crippen molar-refractivity contribution in [3.8, 4) is 0 Å². The molecule has 63 valence electrons. The third kappa shape index (κ3) is 1.09. The van der Waals surface area contributed by atoms with Gasteiger partial charge in [0.25, 0.3) is 0 Å². The summed E-state index contributed by atoms with van der Waals surface area (Å²) >= 11 is 0. The van der Waals surface area contributed by atoms with E-state index in [2.05, 4.69) is 0 Å². The van der Waals surface area contributed by atoms with E-state index in [1.54, 1.807) is 5.92 Å². The molecule has 0 aromatic heterocycles. The maximum absolute atomic E-state index is 9.83. The number of rotatable bonds is 3. The van der Waals surface area contributed by atoms with E-state index < -0.39 is 0 Å². The second-order valence-electron chi connectivity index (χ2n) is 4.10. The summed E-state index contributed by atoms with van der Waals surface area (Å²) < 4.78 is 0. The van der Waals surface area contributed by atoms with Crippen LogP contribution < -0.4 is 0 Å². The Morgan fingerprint density at radius 2 is 1.91 bits per heavy atom. The van der Waals surface area contributed by atoms with Crippen molar-refractivity contribution >= 4 is 0 Å². The Morgan fingerprint density at radius 1 is 1.36 bits per heavy atom.